The minimum Gasteiger partial charge on any atom is -0.353 e. The van der Waals surface area contributed by atoms with Gasteiger partial charge in [0.25, 0.3) is 0 Å². The Bertz CT molecular complexity index is 856. The molecule has 0 saturated heterocycles. The molecule has 24 heavy (non-hydrogen) atoms. The van der Waals surface area contributed by atoms with Crippen molar-refractivity contribution in [3.63, 3.8) is 0 Å². The maximum Gasteiger partial charge on any atom is 0.246 e. The average Bonchev–Trinajstić information content (AvgIpc) is 3.05. The molecule has 0 aliphatic heterocycles. The van der Waals surface area contributed by atoms with E-state index in [1.807, 2.05) is 30.3 Å². The molecule has 0 radical (unpaired) electrons. The fourth-order valence-corrected chi connectivity index (χ4v) is 2.46. The van der Waals surface area contributed by atoms with E-state index >= 15 is 0 Å². The highest BCUT2D eigenvalue weighted by Gasteiger charge is 2.09. The van der Waals surface area contributed by atoms with Crippen LogP contribution in [0.4, 0.5) is 10.1 Å². The average molecular weight is 407 g/mol. The first-order valence-corrected chi connectivity index (χ1v) is 8.20. The van der Waals surface area contributed by atoms with Crippen LogP contribution in [0.3, 0.4) is 0 Å². The molecule has 2 aromatic carbocycles. The van der Waals surface area contributed by atoms with Gasteiger partial charge in [0.05, 0.1) is 12.2 Å². The number of aromatic nitrogens is 2. The third-order valence-corrected chi connectivity index (χ3v) is 3.82. The van der Waals surface area contributed by atoms with Crippen molar-refractivity contribution in [2.75, 3.05) is 5.32 Å². The molecule has 3 aromatic rings. The first-order valence-electron chi connectivity index (χ1n) is 7.00. The molecule has 1 aromatic heterocycles. The topological polar surface area (TPSA) is 63.0 Å². The summed E-state index contributed by atoms with van der Waals surface area (Å²) in [7, 11) is 0. The maximum absolute atomic E-state index is 13.7. The van der Waals surface area contributed by atoms with Crippen molar-refractivity contribution in [2.45, 2.75) is 6.54 Å². The summed E-state index contributed by atoms with van der Waals surface area (Å²) < 4.78 is 19.6. The molecular formula is C16H12BrFN4OS. The molecule has 2 N–H and O–H groups in total. The molecule has 8 heteroatoms. The Balaban J connectivity index is 1.58. The Morgan fingerprint density at radius 3 is 2.75 bits per heavy atom. The number of nitrogens with one attached hydrogen (secondary N) is 2. The van der Waals surface area contributed by atoms with Gasteiger partial charge in [0.2, 0.25) is 11.7 Å². The number of halogens is 2. The fourth-order valence-electron chi connectivity index (χ4n) is 1.94. The quantitative estimate of drug-likeness (QED) is 0.635. The molecule has 0 unspecified atom stereocenters. The van der Waals surface area contributed by atoms with E-state index in [-0.39, 0.29) is 17.3 Å². The highest BCUT2D eigenvalue weighted by atomic mass is 79.9. The summed E-state index contributed by atoms with van der Waals surface area (Å²) in [6.45, 7) is 0.240. The Morgan fingerprint density at radius 2 is 2.00 bits per heavy atom. The van der Waals surface area contributed by atoms with Gasteiger partial charge in [0, 0.05) is 10.0 Å². The molecule has 122 valence electrons. The number of anilines is 1. The largest absolute Gasteiger partial charge is 0.353 e. The van der Waals surface area contributed by atoms with Crippen LogP contribution >= 0.6 is 28.1 Å². The lowest BCUT2D eigenvalue weighted by Gasteiger charge is -2.09. The van der Waals surface area contributed by atoms with Crippen molar-refractivity contribution in [3.8, 4) is 11.4 Å². The van der Waals surface area contributed by atoms with Crippen molar-refractivity contribution in [1.29, 1.82) is 0 Å². The number of rotatable bonds is 4. The molecule has 0 aliphatic carbocycles. The molecule has 0 amide bonds. The van der Waals surface area contributed by atoms with Crippen molar-refractivity contribution < 1.29 is 8.91 Å². The second-order valence-corrected chi connectivity index (χ2v) is 6.13. The highest BCUT2D eigenvalue weighted by Crippen LogP contribution is 2.19. The normalized spacial score (nSPS) is 10.4. The van der Waals surface area contributed by atoms with Gasteiger partial charge < -0.3 is 15.2 Å². The van der Waals surface area contributed by atoms with Gasteiger partial charge >= 0.3 is 0 Å². The number of nitrogens with zero attached hydrogens (tertiary/aromatic N) is 2. The van der Waals surface area contributed by atoms with Crippen LogP contribution in [0.15, 0.2) is 57.5 Å². The van der Waals surface area contributed by atoms with E-state index in [2.05, 4.69) is 36.7 Å². The van der Waals surface area contributed by atoms with Gasteiger partial charge in [-0.3, -0.25) is 0 Å². The summed E-state index contributed by atoms with van der Waals surface area (Å²) in [4.78, 5) is 4.28. The Hall–Kier alpha value is -2.32. The van der Waals surface area contributed by atoms with Crippen molar-refractivity contribution in [2.24, 2.45) is 0 Å². The molecule has 0 bridgehead atoms. The zero-order valence-corrected chi connectivity index (χ0v) is 14.7. The van der Waals surface area contributed by atoms with Crippen LogP contribution in [-0.4, -0.2) is 15.3 Å². The summed E-state index contributed by atoms with van der Waals surface area (Å²) in [5.74, 6) is 0.484. The molecule has 5 nitrogen and oxygen atoms in total. The van der Waals surface area contributed by atoms with Crippen LogP contribution < -0.4 is 10.6 Å². The zero-order chi connectivity index (χ0) is 16.9. The number of hydrogen-bond donors (Lipinski definition) is 2. The smallest absolute Gasteiger partial charge is 0.246 e. The van der Waals surface area contributed by atoms with E-state index < -0.39 is 5.82 Å². The monoisotopic (exact) mass is 406 g/mol. The lowest BCUT2D eigenvalue weighted by molar-refractivity contribution is 0.376. The van der Waals surface area contributed by atoms with Gasteiger partial charge in [-0.15, -0.1) is 0 Å². The predicted octanol–water partition coefficient (Wildman–Crippen LogP) is 4.12. The van der Waals surface area contributed by atoms with E-state index in [0.29, 0.717) is 16.2 Å². The molecule has 1 heterocycles. The van der Waals surface area contributed by atoms with E-state index in [4.69, 9.17) is 16.7 Å². The Labute approximate surface area is 151 Å². The molecule has 0 spiro atoms. The lowest BCUT2D eigenvalue weighted by atomic mass is 10.2. The van der Waals surface area contributed by atoms with Gasteiger partial charge in [-0.2, -0.15) is 4.98 Å². The van der Waals surface area contributed by atoms with Gasteiger partial charge in [0.1, 0.15) is 5.82 Å². The SMILES string of the molecule is Fc1cc(Br)ccc1NC(=S)NCc1nc(-c2ccccc2)no1. The van der Waals surface area contributed by atoms with Crippen LogP contribution in [0, 0.1) is 5.82 Å². The first-order chi connectivity index (χ1) is 11.6. The van der Waals surface area contributed by atoms with Crippen molar-refractivity contribution >= 4 is 38.9 Å². The summed E-state index contributed by atoms with van der Waals surface area (Å²) >= 11 is 8.34. The minimum atomic E-state index is -0.405. The number of thiocarbonyl (C=S) groups is 1. The Morgan fingerprint density at radius 1 is 1.21 bits per heavy atom. The lowest BCUT2D eigenvalue weighted by Crippen LogP contribution is -2.28. The second kappa shape index (κ2) is 7.50. The van der Waals surface area contributed by atoms with E-state index in [9.17, 15) is 4.39 Å². The maximum atomic E-state index is 13.7. The van der Waals surface area contributed by atoms with Gasteiger partial charge in [-0.1, -0.05) is 51.4 Å². The van der Waals surface area contributed by atoms with E-state index in [0.717, 1.165) is 5.56 Å². The van der Waals surface area contributed by atoms with Crippen LogP contribution in [0.2, 0.25) is 0 Å². The molecule has 3 rings (SSSR count). The molecule has 0 atom stereocenters. The molecule has 0 aliphatic rings. The van der Waals surface area contributed by atoms with Crippen molar-refractivity contribution in [1.82, 2.24) is 15.5 Å². The highest BCUT2D eigenvalue weighted by molar-refractivity contribution is 9.10. The van der Waals surface area contributed by atoms with E-state index in [1.165, 1.54) is 6.07 Å². The van der Waals surface area contributed by atoms with Crippen LogP contribution in [0.1, 0.15) is 5.89 Å². The zero-order valence-electron chi connectivity index (χ0n) is 12.3. The third-order valence-electron chi connectivity index (χ3n) is 3.08. The van der Waals surface area contributed by atoms with Crippen molar-refractivity contribution in [3.05, 3.63) is 64.7 Å². The summed E-state index contributed by atoms with van der Waals surface area (Å²) in [5, 5.41) is 9.86. The summed E-state index contributed by atoms with van der Waals surface area (Å²) in [6, 6.07) is 14.2. The molecule has 0 saturated carbocycles. The molecular weight excluding hydrogens is 395 g/mol. The van der Waals surface area contributed by atoms with Crippen LogP contribution in [0.5, 0.6) is 0 Å². The Kier molecular flexibility index (Phi) is 5.17. The van der Waals surface area contributed by atoms with Gasteiger partial charge in [0.15, 0.2) is 5.11 Å². The third kappa shape index (κ3) is 4.15. The minimum absolute atomic E-state index is 0.240. The molecule has 0 fully saturated rings. The standard InChI is InChI=1S/C16H12BrFN4OS/c17-11-6-7-13(12(18)8-11)20-16(24)19-9-14-21-15(22-23-14)10-4-2-1-3-5-10/h1-8H,9H2,(H2,19,20,24). The predicted molar refractivity (Wildman–Crippen MR) is 96.9 cm³/mol. The summed E-state index contributed by atoms with van der Waals surface area (Å²) in [6.07, 6.45) is 0. The van der Waals surface area contributed by atoms with E-state index in [1.54, 1.807) is 12.1 Å². The first kappa shape index (κ1) is 16.5. The fraction of sp³-hybridized carbons (Fsp3) is 0.0625. The number of benzene rings is 2. The van der Waals surface area contributed by atoms with Gasteiger partial charge in [-0.25, -0.2) is 4.39 Å². The van der Waals surface area contributed by atoms with Crippen LogP contribution in [-0.2, 0) is 6.54 Å². The van der Waals surface area contributed by atoms with Crippen LogP contribution in [0.25, 0.3) is 11.4 Å². The number of hydrogen-bond acceptors (Lipinski definition) is 4. The summed E-state index contributed by atoms with van der Waals surface area (Å²) in [5.41, 5.74) is 1.15. The van der Waals surface area contributed by atoms with Gasteiger partial charge in [-0.05, 0) is 30.4 Å². The second-order valence-electron chi connectivity index (χ2n) is 4.81.